The van der Waals surface area contributed by atoms with Crippen LogP contribution in [0, 0.1) is 0 Å². The lowest BCUT2D eigenvalue weighted by Crippen LogP contribution is -2.57. The first-order valence-corrected chi connectivity index (χ1v) is 7.79. The fourth-order valence-electron chi connectivity index (χ4n) is 2.61. The number of hydrogen-bond donors (Lipinski definition) is 3. The van der Waals surface area contributed by atoms with Crippen molar-refractivity contribution in [3.8, 4) is 0 Å². The molecular formula is C13H16N6S. The summed E-state index contributed by atoms with van der Waals surface area (Å²) in [7, 11) is 0. The van der Waals surface area contributed by atoms with Gasteiger partial charge in [-0.25, -0.2) is 4.68 Å². The summed E-state index contributed by atoms with van der Waals surface area (Å²) in [5.41, 5.74) is 5.74. The third-order valence-corrected chi connectivity index (χ3v) is 4.62. The van der Waals surface area contributed by atoms with Gasteiger partial charge in [-0.2, -0.15) is 0 Å². The molecule has 0 atom stereocenters. The molecule has 1 aromatic heterocycles. The molecule has 0 bridgehead atoms. The molecule has 0 fully saturated rings. The van der Waals surface area contributed by atoms with E-state index in [-0.39, 0.29) is 5.79 Å². The summed E-state index contributed by atoms with van der Waals surface area (Å²) in [4.78, 5) is 0. The van der Waals surface area contributed by atoms with Gasteiger partial charge in [0.25, 0.3) is 0 Å². The maximum Gasteiger partial charge on any atom is 0.210 e. The Kier molecular flexibility index (Phi) is 2.56. The highest BCUT2D eigenvalue weighted by atomic mass is 32.2. The summed E-state index contributed by atoms with van der Waals surface area (Å²) in [6, 6.07) is 8.24. The minimum Gasteiger partial charge on any atom is -0.342 e. The van der Waals surface area contributed by atoms with Gasteiger partial charge in [0.1, 0.15) is 0 Å². The van der Waals surface area contributed by atoms with Crippen LogP contribution >= 0.6 is 11.8 Å². The van der Waals surface area contributed by atoms with Gasteiger partial charge in [0.15, 0.2) is 5.82 Å². The van der Waals surface area contributed by atoms with Crippen LogP contribution in [-0.4, -0.2) is 26.4 Å². The quantitative estimate of drug-likeness (QED) is 0.786. The molecular weight excluding hydrogens is 272 g/mol. The molecule has 4 rings (SSSR count). The van der Waals surface area contributed by atoms with E-state index in [1.807, 2.05) is 16.8 Å². The second kappa shape index (κ2) is 4.31. The average Bonchev–Trinajstić information content (AvgIpc) is 3.01. The number of rotatable bonds is 2. The van der Waals surface area contributed by atoms with Gasteiger partial charge in [0.05, 0.1) is 17.1 Å². The molecule has 1 spiro atoms. The molecule has 1 aromatic carbocycles. The van der Waals surface area contributed by atoms with E-state index in [2.05, 4.69) is 45.3 Å². The molecule has 3 N–H and O–H groups in total. The Morgan fingerprint density at radius 3 is 2.70 bits per heavy atom. The Labute approximate surface area is 121 Å². The predicted molar refractivity (Wildman–Crippen MR) is 80.5 cm³/mol. The first kappa shape index (κ1) is 11.9. The van der Waals surface area contributed by atoms with E-state index in [1.54, 1.807) is 11.8 Å². The standard InChI is InChI=1S/C13H16N6S/c1-2-5-11-16-17-12-19(11)18-13(8-20-12)14-9-6-3-4-7-10(9)15-13/h3-4,6-7,14-15,18H,2,5,8H2,1H3. The van der Waals surface area contributed by atoms with E-state index in [4.69, 9.17) is 0 Å². The van der Waals surface area contributed by atoms with Gasteiger partial charge in [-0.05, 0) is 18.6 Å². The van der Waals surface area contributed by atoms with Crippen LogP contribution in [0.5, 0.6) is 0 Å². The van der Waals surface area contributed by atoms with Crippen LogP contribution in [0.2, 0.25) is 0 Å². The van der Waals surface area contributed by atoms with Gasteiger partial charge in [-0.1, -0.05) is 30.8 Å². The van der Waals surface area contributed by atoms with Gasteiger partial charge >= 0.3 is 0 Å². The highest BCUT2D eigenvalue weighted by Gasteiger charge is 2.41. The van der Waals surface area contributed by atoms with Crippen LogP contribution in [0.1, 0.15) is 19.2 Å². The molecule has 0 amide bonds. The number of aryl methyl sites for hydroxylation is 1. The molecule has 0 aliphatic carbocycles. The number of aromatic nitrogens is 3. The molecule has 6 nitrogen and oxygen atoms in total. The molecule has 2 aliphatic rings. The van der Waals surface area contributed by atoms with Crippen LogP contribution in [0.4, 0.5) is 11.4 Å². The van der Waals surface area contributed by atoms with E-state index in [1.165, 1.54) is 0 Å². The van der Waals surface area contributed by atoms with Crippen molar-refractivity contribution in [3.05, 3.63) is 30.1 Å². The topological polar surface area (TPSA) is 66.8 Å². The van der Waals surface area contributed by atoms with Crippen LogP contribution in [0.15, 0.2) is 29.4 Å². The maximum absolute atomic E-state index is 4.27. The van der Waals surface area contributed by atoms with Crippen molar-refractivity contribution >= 4 is 23.1 Å². The molecule has 20 heavy (non-hydrogen) atoms. The molecule has 0 radical (unpaired) electrons. The number of nitrogens with one attached hydrogen (secondary N) is 3. The Hall–Kier alpha value is -1.89. The molecule has 7 heteroatoms. The predicted octanol–water partition coefficient (Wildman–Crippen LogP) is 2.07. The van der Waals surface area contributed by atoms with E-state index in [9.17, 15) is 0 Å². The summed E-state index contributed by atoms with van der Waals surface area (Å²) in [5, 5.41) is 16.5. The number of nitrogens with zero attached hydrogens (tertiary/aromatic N) is 3. The fraction of sp³-hybridized carbons (Fsp3) is 0.385. The minimum absolute atomic E-state index is 0.369. The zero-order valence-corrected chi connectivity index (χ0v) is 12.0. The summed E-state index contributed by atoms with van der Waals surface area (Å²) in [6.45, 7) is 2.15. The summed E-state index contributed by atoms with van der Waals surface area (Å²) in [5.74, 6) is 1.45. The molecule has 2 aliphatic heterocycles. The molecule has 2 aromatic rings. The largest absolute Gasteiger partial charge is 0.342 e. The van der Waals surface area contributed by atoms with Crippen LogP contribution in [-0.2, 0) is 6.42 Å². The maximum atomic E-state index is 4.27. The van der Waals surface area contributed by atoms with Crippen LogP contribution in [0.25, 0.3) is 0 Å². The van der Waals surface area contributed by atoms with E-state index in [0.717, 1.165) is 41.0 Å². The molecule has 104 valence electrons. The number of anilines is 2. The van der Waals surface area contributed by atoms with Gasteiger partial charge in [-0.3, -0.25) is 5.43 Å². The van der Waals surface area contributed by atoms with Gasteiger partial charge < -0.3 is 10.6 Å². The van der Waals surface area contributed by atoms with Crippen LogP contribution in [0.3, 0.4) is 0 Å². The number of para-hydroxylation sites is 2. The lowest BCUT2D eigenvalue weighted by Gasteiger charge is -2.36. The normalized spacial score (nSPS) is 17.9. The average molecular weight is 288 g/mol. The monoisotopic (exact) mass is 288 g/mol. The second-order valence-corrected chi connectivity index (χ2v) is 6.03. The number of thioether (sulfide) groups is 1. The summed E-state index contributed by atoms with van der Waals surface area (Å²) in [6.07, 6.45) is 1.97. The first-order chi connectivity index (χ1) is 9.80. The van der Waals surface area contributed by atoms with Crippen molar-refractivity contribution in [2.75, 3.05) is 21.8 Å². The van der Waals surface area contributed by atoms with Crippen molar-refractivity contribution in [2.45, 2.75) is 30.7 Å². The lowest BCUT2D eigenvalue weighted by atomic mass is 10.3. The smallest absolute Gasteiger partial charge is 0.210 e. The Balaban J connectivity index is 1.66. The third kappa shape index (κ3) is 1.73. The number of hydrogen-bond acceptors (Lipinski definition) is 6. The number of benzene rings is 1. The van der Waals surface area contributed by atoms with Crippen LogP contribution < -0.4 is 16.1 Å². The van der Waals surface area contributed by atoms with Gasteiger partial charge in [-0.15, -0.1) is 10.2 Å². The molecule has 0 unspecified atom stereocenters. The van der Waals surface area contributed by atoms with E-state index >= 15 is 0 Å². The molecule has 0 saturated heterocycles. The molecule has 0 saturated carbocycles. The van der Waals surface area contributed by atoms with Crippen molar-refractivity contribution < 1.29 is 0 Å². The van der Waals surface area contributed by atoms with Gasteiger partial charge in [0, 0.05) is 6.42 Å². The number of fused-ring (bicyclic) bond motifs is 2. The van der Waals surface area contributed by atoms with E-state index < -0.39 is 0 Å². The Morgan fingerprint density at radius 2 is 2.00 bits per heavy atom. The van der Waals surface area contributed by atoms with Gasteiger partial charge in [0.2, 0.25) is 10.9 Å². The minimum atomic E-state index is -0.369. The third-order valence-electron chi connectivity index (χ3n) is 3.52. The Morgan fingerprint density at radius 1 is 1.25 bits per heavy atom. The summed E-state index contributed by atoms with van der Waals surface area (Å²) >= 11 is 1.70. The zero-order chi connectivity index (χ0) is 13.6. The van der Waals surface area contributed by atoms with E-state index in [0.29, 0.717) is 0 Å². The highest BCUT2D eigenvalue weighted by molar-refractivity contribution is 7.99. The zero-order valence-electron chi connectivity index (χ0n) is 11.2. The molecule has 3 heterocycles. The lowest BCUT2D eigenvalue weighted by molar-refractivity contribution is 0.547. The van der Waals surface area contributed by atoms with Crippen molar-refractivity contribution in [3.63, 3.8) is 0 Å². The SMILES string of the molecule is CCCc1nnc2n1NC1(CS2)Nc2ccccc2N1. The van der Waals surface area contributed by atoms with Crippen molar-refractivity contribution in [1.29, 1.82) is 0 Å². The highest BCUT2D eigenvalue weighted by Crippen LogP contribution is 2.38. The summed E-state index contributed by atoms with van der Waals surface area (Å²) < 4.78 is 2.00. The van der Waals surface area contributed by atoms with Crippen molar-refractivity contribution in [1.82, 2.24) is 14.9 Å². The first-order valence-electron chi connectivity index (χ1n) is 6.80. The second-order valence-electron chi connectivity index (χ2n) is 5.09. The fourth-order valence-corrected chi connectivity index (χ4v) is 3.54. The van der Waals surface area contributed by atoms with Crippen molar-refractivity contribution in [2.24, 2.45) is 0 Å². The Bertz CT molecular complexity index is 627.